The second kappa shape index (κ2) is 10.1. The van der Waals surface area contributed by atoms with Gasteiger partial charge in [-0.1, -0.05) is 18.2 Å². The molecular weight excluding hydrogens is 390 g/mol. The molecule has 29 heavy (non-hydrogen) atoms. The highest BCUT2D eigenvalue weighted by Crippen LogP contribution is 2.26. The zero-order chi connectivity index (χ0) is 20.6. The molecule has 3 rings (SSSR count). The van der Waals surface area contributed by atoms with Crippen molar-refractivity contribution in [2.75, 3.05) is 37.0 Å². The molecule has 1 heterocycles. The average molecular weight is 416 g/mol. The Labute approximate surface area is 174 Å². The first-order chi connectivity index (χ1) is 14.0. The Morgan fingerprint density at radius 3 is 2.45 bits per heavy atom. The number of rotatable bonds is 6. The Morgan fingerprint density at radius 1 is 1.10 bits per heavy atom. The number of hydrogen-bond donors (Lipinski definition) is 3. The number of urea groups is 1. The van der Waals surface area contributed by atoms with Gasteiger partial charge in [-0.05, 0) is 35.4 Å². The number of carbonyl (C=O) groups excluding carboxylic acids is 2. The van der Waals surface area contributed by atoms with Gasteiger partial charge in [-0.2, -0.15) is 11.8 Å². The number of carbonyl (C=O) groups is 2. The lowest BCUT2D eigenvalue weighted by Gasteiger charge is -2.26. The fourth-order valence-corrected chi connectivity index (χ4v) is 3.91. The van der Waals surface area contributed by atoms with E-state index in [1.807, 2.05) is 28.8 Å². The summed E-state index contributed by atoms with van der Waals surface area (Å²) in [7, 11) is 1.48. The molecule has 2 aromatic carbocycles. The van der Waals surface area contributed by atoms with E-state index in [0.717, 1.165) is 35.7 Å². The molecule has 8 heteroatoms. The van der Waals surface area contributed by atoms with Gasteiger partial charge in [-0.3, -0.25) is 4.79 Å². The maximum Gasteiger partial charge on any atom is 0.319 e. The molecule has 1 aliphatic rings. The van der Waals surface area contributed by atoms with E-state index >= 15 is 0 Å². The van der Waals surface area contributed by atoms with Crippen LogP contribution in [-0.2, 0) is 17.8 Å². The van der Waals surface area contributed by atoms with E-state index in [1.165, 1.54) is 7.11 Å². The standard InChI is InChI=1S/C21H25N3O4S/c1-28-19-7-4-16(12-18(19)25)14-22-21(27)23-17-5-2-15(3-6-17)13-20(26)24-8-10-29-11-9-24/h2-7,12,25H,8-11,13-14H2,1H3,(H2,22,23,27). The molecule has 0 radical (unpaired) electrons. The van der Waals surface area contributed by atoms with Crippen LogP contribution in [0.1, 0.15) is 11.1 Å². The lowest BCUT2D eigenvalue weighted by molar-refractivity contribution is -0.130. The van der Waals surface area contributed by atoms with Crippen molar-refractivity contribution in [3.8, 4) is 11.5 Å². The molecule has 0 unspecified atom stereocenters. The van der Waals surface area contributed by atoms with Crippen LogP contribution in [0.5, 0.6) is 11.5 Å². The fraction of sp³-hybridized carbons (Fsp3) is 0.333. The van der Waals surface area contributed by atoms with Gasteiger partial charge in [0.1, 0.15) is 0 Å². The molecule has 7 nitrogen and oxygen atoms in total. The van der Waals surface area contributed by atoms with Crippen LogP contribution in [0.3, 0.4) is 0 Å². The fourth-order valence-electron chi connectivity index (χ4n) is 3.01. The number of aromatic hydroxyl groups is 1. The van der Waals surface area contributed by atoms with Gasteiger partial charge in [-0.15, -0.1) is 0 Å². The second-order valence-electron chi connectivity index (χ2n) is 6.68. The van der Waals surface area contributed by atoms with Gasteiger partial charge in [0.05, 0.1) is 13.5 Å². The molecule has 2 aromatic rings. The summed E-state index contributed by atoms with van der Waals surface area (Å²) in [6.45, 7) is 1.90. The van der Waals surface area contributed by atoms with Crippen molar-refractivity contribution in [2.24, 2.45) is 0 Å². The Kier molecular flexibility index (Phi) is 7.24. The van der Waals surface area contributed by atoms with E-state index in [0.29, 0.717) is 17.9 Å². The summed E-state index contributed by atoms with van der Waals surface area (Å²) in [4.78, 5) is 26.3. The molecule has 1 saturated heterocycles. The minimum absolute atomic E-state index is 0.0284. The van der Waals surface area contributed by atoms with E-state index in [4.69, 9.17) is 4.74 Å². The highest BCUT2D eigenvalue weighted by Gasteiger charge is 2.16. The predicted octanol–water partition coefficient (Wildman–Crippen LogP) is 2.84. The molecule has 3 N–H and O–H groups in total. The third kappa shape index (κ3) is 6.05. The smallest absolute Gasteiger partial charge is 0.319 e. The Bertz CT molecular complexity index is 852. The van der Waals surface area contributed by atoms with Crippen LogP contribution in [0.25, 0.3) is 0 Å². The Morgan fingerprint density at radius 2 is 1.79 bits per heavy atom. The van der Waals surface area contributed by atoms with Gasteiger partial charge in [-0.25, -0.2) is 4.79 Å². The highest BCUT2D eigenvalue weighted by atomic mass is 32.2. The van der Waals surface area contributed by atoms with Crippen molar-refractivity contribution in [1.82, 2.24) is 10.2 Å². The lowest BCUT2D eigenvalue weighted by atomic mass is 10.1. The quantitative estimate of drug-likeness (QED) is 0.675. The molecule has 154 valence electrons. The lowest BCUT2D eigenvalue weighted by Crippen LogP contribution is -2.38. The topological polar surface area (TPSA) is 90.9 Å². The molecule has 0 bridgehead atoms. The number of methoxy groups -OCH3 is 1. The first kappa shape index (κ1) is 20.9. The minimum Gasteiger partial charge on any atom is -0.504 e. The van der Waals surface area contributed by atoms with Crippen molar-refractivity contribution < 1.29 is 19.4 Å². The van der Waals surface area contributed by atoms with E-state index in [-0.39, 0.29) is 24.2 Å². The predicted molar refractivity (Wildman–Crippen MR) is 115 cm³/mol. The van der Waals surface area contributed by atoms with E-state index in [1.54, 1.807) is 30.3 Å². The number of hydrogen-bond acceptors (Lipinski definition) is 5. The maximum atomic E-state index is 12.3. The third-order valence-electron chi connectivity index (χ3n) is 4.63. The number of ether oxygens (including phenoxy) is 1. The van der Waals surface area contributed by atoms with Crippen molar-refractivity contribution >= 4 is 29.4 Å². The van der Waals surface area contributed by atoms with E-state index in [9.17, 15) is 14.7 Å². The number of benzene rings is 2. The molecule has 0 aliphatic carbocycles. The van der Waals surface area contributed by atoms with Gasteiger partial charge in [0.15, 0.2) is 11.5 Å². The van der Waals surface area contributed by atoms with Crippen LogP contribution in [0.2, 0.25) is 0 Å². The summed E-state index contributed by atoms with van der Waals surface area (Å²) in [5.74, 6) is 2.56. The summed E-state index contributed by atoms with van der Waals surface area (Å²) in [5, 5.41) is 15.3. The average Bonchev–Trinajstić information content (AvgIpc) is 2.74. The number of thioether (sulfide) groups is 1. The Hall–Kier alpha value is -2.87. The van der Waals surface area contributed by atoms with Gasteiger partial charge in [0.25, 0.3) is 0 Å². The van der Waals surface area contributed by atoms with Gasteiger partial charge >= 0.3 is 6.03 Å². The summed E-state index contributed by atoms with van der Waals surface area (Å²) in [6.07, 6.45) is 0.373. The molecule has 1 aliphatic heterocycles. The van der Waals surface area contributed by atoms with Gasteiger partial charge in [0.2, 0.25) is 5.91 Å². The summed E-state index contributed by atoms with van der Waals surface area (Å²) < 4.78 is 5.00. The number of nitrogens with zero attached hydrogens (tertiary/aromatic N) is 1. The number of anilines is 1. The monoisotopic (exact) mass is 415 g/mol. The number of phenols is 1. The van der Waals surface area contributed by atoms with Crippen LogP contribution in [0.4, 0.5) is 10.5 Å². The van der Waals surface area contributed by atoms with Crippen LogP contribution in [0, 0.1) is 0 Å². The first-order valence-electron chi connectivity index (χ1n) is 9.40. The normalized spacial score (nSPS) is 13.6. The number of amides is 3. The zero-order valence-corrected chi connectivity index (χ0v) is 17.1. The largest absolute Gasteiger partial charge is 0.504 e. The maximum absolute atomic E-state index is 12.3. The van der Waals surface area contributed by atoms with E-state index in [2.05, 4.69) is 10.6 Å². The van der Waals surface area contributed by atoms with Crippen LogP contribution >= 0.6 is 11.8 Å². The molecule has 0 atom stereocenters. The van der Waals surface area contributed by atoms with Crippen LogP contribution < -0.4 is 15.4 Å². The SMILES string of the molecule is COc1ccc(CNC(=O)Nc2ccc(CC(=O)N3CCSCC3)cc2)cc1O. The Balaban J connectivity index is 1.46. The zero-order valence-electron chi connectivity index (χ0n) is 16.3. The van der Waals surface area contributed by atoms with Crippen LogP contribution in [0.15, 0.2) is 42.5 Å². The highest BCUT2D eigenvalue weighted by molar-refractivity contribution is 7.99. The van der Waals surface area contributed by atoms with E-state index < -0.39 is 0 Å². The molecule has 0 aromatic heterocycles. The molecule has 0 spiro atoms. The van der Waals surface area contributed by atoms with Gasteiger partial charge < -0.3 is 25.4 Å². The van der Waals surface area contributed by atoms with Crippen molar-refractivity contribution in [3.05, 3.63) is 53.6 Å². The van der Waals surface area contributed by atoms with Crippen molar-refractivity contribution in [3.63, 3.8) is 0 Å². The van der Waals surface area contributed by atoms with Crippen molar-refractivity contribution in [2.45, 2.75) is 13.0 Å². The summed E-state index contributed by atoms with van der Waals surface area (Å²) in [5.41, 5.74) is 2.32. The number of nitrogens with one attached hydrogen (secondary N) is 2. The molecule has 1 fully saturated rings. The van der Waals surface area contributed by atoms with Crippen molar-refractivity contribution in [1.29, 1.82) is 0 Å². The minimum atomic E-state index is -0.352. The molecule has 3 amide bonds. The molecule has 0 saturated carbocycles. The summed E-state index contributed by atoms with van der Waals surface area (Å²) >= 11 is 1.88. The van der Waals surface area contributed by atoms with Gasteiger partial charge in [0, 0.05) is 36.8 Å². The number of phenolic OH excluding ortho intramolecular Hbond substituents is 1. The third-order valence-corrected chi connectivity index (χ3v) is 5.57. The van der Waals surface area contributed by atoms with Crippen LogP contribution in [-0.4, -0.2) is 53.6 Å². The second-order valence-corrected chi connectivity index (χ2v) is 7.91. The summed E-state index contributed by atoms with van der Waals surface area (Å²) in [6, 6.07) is 11.9. The first-order valence-corrected chi connectivity index (χ1v) is 10.6. The molecular formula is C21H25N3O4S.